The van der Waals surface area contributed by atoms with Gasteiger partial charge in [0, 0.05) is 23.3 Å². The summed E-state index contributed by atoms with van der Waals surface area (Å²) in [6.07, 6.45) is -1.35. The predicted octanol–water partition coefficient (Wildman–Crippen LogP) is 2.55. The van der Waals surface area contributed by atoms with Gasteiger partial charge in [0.1, 0.15) is 0 Å². The van der Waals surface area contributed by atoms with Gasteiger partial charge in [0.25, 0.3) is 0 Å². The van der Waals surface area contributed by atoms with Crippen LogP contribution in [0, 0.1) is 5.92 Å². The summed E-state index contributed by atoms with van der Waals surface area (Å²) < 4.78 is 12.1. The summed E-state index contributed by atoms with van der Waals surface area (Å²) in [5, 5.41) is 20.8. The van der Waals surface area contributed by atoms with Crippen molar-refractivity contribution in [3.8, 4) is 0 Å². The second-order valence-electron chi connectivity index (χ2n) is 4.84. The molecule has 7 nitrogen and oxygen atoms in total. The van der Waals surface area contributed by atoms with Crippen molar-refractivity contribution in [1.82, 2.24) is 0 Å². The molecule has 1 aromatic carbocycles. The van der Waals surface area contributed by atoms with Gasteiger partial charge in [0.15, 0.2) is 0 Å². The van der Waals surface area contributed by atoms with Gasteiger partial charge < -0.3 is 20.4 Å². The third-order valence-electron chi connectivity index (χ3n) is 2.92. The average molecular weight is 350 g/mol. The van der Waals surface area contributed by atoms with Gasteiger partial charge in [-0.15, -0.1) is 0 Å². The highest BCUT2D eigenvalue weighted by atomic mass is 35.5. The van der Waals surface area contributed by atoms with Gasteiger partial charge in [-0.05, 0) is 24.6 Å². The molecule has 2 unspecified atom stereocenters. The van der Waals surface area contributed by atoms with E-state index in [2.05, 4.69) is 5.32 Å². The van der Waals surface area contributed by atoms with Crippen molar-refractivity contribution in [1.29, 1.82) is 0 Å². The number of carbonyl (C=O) groups is 2. The number of anilines is 1. The highest BCUT2D eigenvalue weighted by Crippen LogP contribution is 2.43. The molecule has 0 radical (unpaired) electrons. The lowest BCUT2D eigenvalue weighted by Gasteiger charge is -2.17. The van der Waals surface area contributed by atoms with E-state index in [9.17, 15) is 19.0 Å². The summed E-state index contributed by atoms with van der Waals surface area (Å²) in [7, 11) is -3.77. The molecule has 0 amide bonds. The molecule has 122 valence electrons. The van der Waals surface area contributed by atoms with E-state index in [1.54, 1.807) is 24.3 Å². The summed E-state index contributed by atoms with van der Waals surface area (Å²) in [6.45, 7) is 0. The molecule has 4 N–H and O–H groups in total. The lowest BCUT2D eigenvalue weighted by atomic mass is 10.1. The molecular weight excluding hydrogens is 333 g/mol. The van der Waals surface area contributed by atoms with Crippen LogP contribution in [-0.2, 0) is 14.2 Å². The summed E-state index contributed by atoms with van der Waals surface area (Å²) in [5.41, 5.74) is 0.541. The van der Waals surface area contributed by atoms with E-state index >= 15 is 0 Å². The summed E-state index contributed by atoms with van der Waals surface area (Å²) in [4.78, 5) is 31.4. The van der Waals surface area contributed by atoms with Gasteiger partial charge in [0.05, 0.1) is 12.2 Å². The number of nitrogens with one attached hydrogen (secondary N) is 1. The molecule has 9 heteroatoms. The van der Waals surface area contributed by atoms with Crippen LogP contribution in [0.4, 0.5) is 5.69 Å². The van der Waals surface area contributed by atoms with Crippen molar-refractivity contribution in [2.75, 3.05) is 17.8 Å². The molecule has 0 aromatic heterocycles. The topological polar surface area (TPSA) is 124 Å². The average Bonchev–Trinajstić information content (AvgIpc) is 2.41. The van der Waals surface area contributed by atoms with Gasteiger partial charge in [0.2, 0.25) is 7.37 Å². The minimum absolute atomic E-state index is 0.188. The van der Waals surface area contributed by atoms with E-state index in [1.165, 1.54) is 0 Å². The summed E-state index contributed by atoms with van der Waals surface area (Å²) >= 11 is 5.79. The molecule has 2 atom stereocenters. The zero-order valence-corrected chi connectivity index (χ0v) is 13.3. The molecule has 0 spiro atoms. The van der Waals surface area contributed by atoms with Gasteiger partial charge in [-0.2, -0.15) is 0 Å². The molecule has 0 saturated carbocycles. The molecule has 0 bridgehead atoms. The number of benzene rings is 1. The van der Waals surface area contributed by atoms with Crippen molar-refractivity contribution >= 4 is 36.6 Å². The van der Waals surface area contributed by atoms with E-state index in [0.717, 1.165) is 0 Å². The van der Waals surface area contributed by atoms with Crippen LogP contribution in [-0.4, -0.2) is 39.5 Å². The lowest BCUT2D eigenvalue weighted by molar-refractivity contribution is -0.142. The molecule has 0 aliphatic carbocycles. The molecule has 1 aromatic rings. The Balaban J connectivity index is 2.61. The maximum atomic E-state index is 12.1. The van der Waals surface area contributed by atoms with Gasteiger partial charge in [-0.1, -0.05) is 17.7 Å². The van der Waals surface area contributed by atoms with E-state index < -0.39 is 31.4 Å². The Hall–Kier alpha value is -1.56. The monoisotopic (exact) mass is 349 g/mol. The Morgan fingerprint density at radius 3 is 2.55 bits per heavy atom. The molecule has 22 heavy (non-hydrogen) atoms. The van der Waals surface area contributed by atoms with Gasteiger partial charge in [-0.3, -0.25) is 14.2 Å². The molecular formula is C13H17ClNO6P. The number of halogens is 1. The number of hydrogen-bond acceptors (Lipinski definition) is 4. The van der Waals surface area contributed by atoms with E-state index in [1.807, 2.05) is 0 Å². The van der Waals surface area contributed by atoms with Crippen molar-refractivity contribution in [3.63, 3.8) is 0 Å². The number of rotatable bonds is 9. The molecule has 0 heterocycles. The van der Waals surface area contributed by atoms with Crippen LogP contribution in [0.1, 0.15) is 12.8 Å². The van der Waals surface area contributed by atoms with Crippen LogP contribution < -0.4 is 5.32 Å². The third-order valence-corrected chi connectivity index (χ3v) is 4.82. The SMILES string of the molecule is O=C(O)CCC(CP(=O)(O)CNc1cccc(Cl)c1)C(=O)O. The van der Waals surface area contributed by atoms with E-state index in [-0.39, 0.29) is 19.1 Å². The van der Waals surface area contributed by atoms with Crippen LogP contribution >= 0.6 is 19.0 Å². The third kappa shape index (κ3) is 6.93. The van der Waals surface area contributed by atoms with E-state index in [4.69, 9.17) is 21.8 Å². The fourth-order valence-corrected chi connectivity index (χ4v) is 3.59. The molecule has 0 aliphatic heterocycles. The fourth-order valence-electron chi connectivity index (χ4n) is 1.81. The predicted molar refractivity (Wildman–Crippen MR) is 82.6 cm³/mol. The van der Waals surface area contributed by atoms with Crippen molar-refractivity contribution in [2.24, 2.45) is 5.92 Å². The first-order valence-corrected chi connectivity index (χ1v) is 8.85. The number of carboxylic acid groups (broad SMARTS) is 2. The van der Waals surface area contributed by atoms with Crippen LogP contribution in [0.15, 0.2) is 24.3 Å². The van der Waals surface area contributed by atoms with Crippen molar-refractivity contribution in [3.05, 3.63) is 29.3 Å². The maximum Gasteiger partial charge on any atom is 0.307 e. The Bertz CT molecular complexity index is 594. The van der Waals surface area contributed by atoms with E-state index in [0.29, 0.717) is 10.7 Å². The first-order valence-electron chi connectivity index (χ1n) is 6.44. The van der Waals surface area contributed by atoms with Crippen molar-refractivity contribution in [2.45, 2.75) is 12.8 Å². The van der Waals surface area contributed by atoms with Crippen LogP contribution in [0.3, 0.4) is 0 Å². The van der Waals surface area contributed by atoms with Crippen LogP contribution in [0.5, 0.6) is 0 Å². The second-order valence-corrected chi connectivity index (χ2v) is 7.65. The fraction of sp³-hybridized carbons (Fsp3) is 0.385. The van der Waals surface area contributed by atoms with Gasteiger partial charge >= 0.3 is 11.9 Å². The minimum atomic E-state index is -3.77. The Labute approximate surface area is 132 Å². The summed E-state index contributed by atoms with van der Waals surface area (Å²) in [6, 6.07) is 6.54. The first kappa shape index (κ1) is 18.5. The van der Waals surface area contributed by atoms with Crippen molar-refractivity contribution < 1.29 is 29.3 Å². The molecule has 0 fully saturated rings. The smallest absolute Gasteiger partial charge is 0.307 e. The zero-order chi connectivity index (χ0) is 16.8. The number of aliphatic carboxylic acids is 2. The first-order chi connectivity index (χ1) is 10.2. The normalized spacial score (nSPS) is 14.8. The number of carboxylic acids is 2. The zero-order valence-electron chi connectivity index (χ0n) is 11.6. The minimum Gasteiger partial charge on any atom is -0.481 e. The lowest BCUT2D eigenvalue weighted by Crippen LogP contribution is -2.21. The Morgan fingerprint density at radius 2 is 2.00 bits per heavy atom. The van der Waals surface area contributed by atoms with Crippen LogP contribution in [0.25, 0.3) is 0 Å². The highest BCUT2D eigenvalue weighted by Gasteiger charge is 2.29. The quantitative estimate of drug-likeness (QED) is 0.505. The van der Waals surface area contributed by atoms with Gasteiger partial charge in [-0.25, -0.2) is 0 Å². The second kappa shape index (κ2) is 8.17. The Morgan fingerprint density at radius 1 is 1.32 bits per heavy atom. The molecule has 0 saturated heterocycles. The molecule has 1 rings (SSSR count). The number of hydrogen-bond donors (Lipinski definition) is 4. The standard InChI is InChI=1S/C13H17ClNO6P/c14-10-2-1-3-11(6-10)15-8-22(20,21)7-9(13(18)19)4-5-12(16)17/h1-3,6,9,15H,4-5,7-8H2,(H,16,17)(H,18,19)(H,20,21). The highest BCUT2D eigenvalue weighted by molar-refractivity contribution is 7.58. The Kier molecular flexibility index (Phi) is 6.87. The maximum absolute atomic E-state index is 12.1. The molecule has 0 aliphatic rings. The van der Waals surface area contributed by atoms with Crippen LogP contribution in [0.2, 0.25) is 5.02 Å². The summed E-state index contributed by atoms with van der Waals surface area (Å²) in [5.74, 6) is -3.59. The largest absolute Gasteiger partial charge is 0.481 e.